The first-order valence-electron chi connectivity index (χ1n) is 5.51. The number of carbonyl (C=O) groups is 1. The van der Waals surface area contributed by atoms with Gasteiger partial charge >= 0.3 is 0 Å². The maximum atomic E-state index is 11.9. The average Bonchev–Trinajstić information content (AvgIpc) is 2.68. The van der Waals surface area contributed by atoms with Gasteiger partial charge in [-0.2, -0.15) is 5.10 Å². The van der Waals surface area contributed by atoms with Gasteiger partial charge in [-0.1, -0.05) is 6.92 Å². The normalized spacial score (nSPS) is 10.8. The highest BCUT2D eigenvalue weighted by molar-refractivity contribution is 9.10. The molecular formula is C11H17BrN2O3. The van der Waals surface area contributed by atoms with E-state index in [1.165, 1.54) is 0 Å². The third kappa shape index (κ3) is 4.22. The van der Waals surface area contributed by atoms with Gasteiger partial charge in [0.05, 0.1) is 23.8 Å². The third-order valence-corrected chi connectivity index (χ3v) is 2.73. The molecule has 1 rings (SSSR count). The molecule has 6 heteroatoms. The maximum absolute atomic E-state index is 11.9. The minimum Gasteiger partial charge on any atom is -0.383 e. The van der Waals surface area contributed by atoms with E-state index in [0.29, 0.717) is 29.9 Å². The Kier molecular flexibility index (Phi) is 6.39. The standard InChI is InChI=1S/C11H17BrN2O3/c1-3-5-17-8-10(15)11-9(12)7-13-14(11)4-6-16-2/h7H,3-6,8H2,1-2H3. The Bertz CT molecular complexity index is 366. The number of hydrogen-bond donors (Lipinski definition) is 0. The van der Waals surface area contributed by atoms with Crippen molar-refractivity contribution in [3.8, 4) is 0 Å². The van der Waals surface area contributed by atoms with E-state index in [4.69, 9.17) is 9.47 Å². The summed E-state index contributed by atoms with van der Waals surface area (Å²) in [5.74, 6) is -0.0704. The molecule has 96 valence electrons. The van der Waals surface area contributed by atoms with Crippen molar-refractivity contribution in [1.82, 2.24) is 9.78 Å². The highest BCUT2D eigenvalue weighted by Gasteiger charge is 2.16. The van der Waals surface area contributed by atoms with Crippen molar-refractivity contribution in [3.63, 3.8) is 0 Å². The summed E-state index contributed by atoms with van der Waals surface area (Å²) in [4.78, 5) is 11.9. The predicted octanol–water partition coefficient (Wildman–Crippen LogP) is 1.90. The molecule has 5 nitrogen and oxygen atoms in total. The number of Topliss-reactive ketones (excluding diaryl/α,β-unsaturated/α-hetero) is 1. The number of halogens is 1. The highest BCUT2D eigenvalue weighted by atomic mass is 79.9. The third-order valence-electron chi connectivity index (χ3n) is 2.15. The molecule has 0 amide bonds. The quantitative estimate of drug-likeness (QED) is 0.544. The van der Waals surface area contributed by atoms with Gasteiger partial charge in [-0.25, -0.2) is 0 Å². The summed E-state index contributed by atoms with van der Waals surface area (Å²) in [7, 11) is 1.62. The van der Waals surface area contributed by atoms with Crippen molar-refractivity contribution >= 4 is 21.7 Å². The fraction of sp³-hybridized carbons (Fsp3) is 0.636. The van der Waals surface area contributed by atoms with Crippen LogP contribution in [0.1, 0.15) is 23.8 Å². The highest BCUT2D eigenvalue weighted by Crippen LogP contribution is 2.16. The van der Waals surface area contributed by atoms with Crippen LogP contribution in [0.5, 0.6) is 0 Å². The average molecular weight is 305 g/mol. The first-order chi connectivity index (χ1) is 8.20. The van der Waals surface area contributed by atoms with E-state index < -0.39 is 0 Å². The summed E-state index contributed by atoms with van der Waals surface area (Å²) in [6.07, 6.45) is 2.51. The second-order valence-corrected chi connectivity index (χ2v) is 4.39. The van der Waals surface area contributed by atoms with Gasteiger partial charge in [0.25, 0.3) is 0 Å². The van der Waals surface area contributed by atoms with Crippen LogP contribution in [-0.2, 0) is 16.0 Å². The molecule has 17 heavy (non-hydrogen) atoms. The van der Waals surface area contributed by atoms with Crippen LogP contribution >= 0.6 is 15.9 Å². The smallest absolute Gasteiger partial charge is 0.207 e. The Morgan fingerprint density at radius 2 is 2.29 bits per heavy atom. The topological polar surface area (TPSA) is 53.3 Å². The van der Waals surface area contributed by atoms with Gasteiger partial charge in [-0.05, 0) is 22.4 Å². The van der Waals surface area contributed by atoms with Crippen LogP contribution < -0.4 is 0 Å². The molecule has 1 aromatic heterocycles. The lowest BCUT2D eigenvalue weighted by molar-refractivity contribution is 0.0747. The number of aromatic nitrogens is 2. The Labute approximate surface area is 109 Å². The van der Waals surface area contributed by atoms with E-state index >= 15 is 0 Å². The molecule has 0 saturated heterocycles. The van der Waals surface area contributed by atoms with E-state index in [1.807, 2.05) is 6.92 Å². The fourth-order valence-corrected chi connectivity index (χ4v) is 1.88. The van der Waals surface area contributed by atoms with Gasteiger partial charge in [0.1, 0.15) is 12.3 Å². The largest absolute Gasteiger partial charge is 0.383 e. The van der Waals surface area contributed by atoms with E-state index in [2.05, 4.69) is 21.0 Å². The molecule has 0 atom stereocenters. The molecule has 0 bridgehead atoms. The molecular weight excluding hydrogens is 288 g/mol. The predicted molar refractivity (Wildman–Crippen MR) is 67.2 cm³/mol. The zero-order valence-corrected chi connectivity index (χ0v) is 11.7. The van der Waals surface area contributed by atoms with Gasteiger partial charge in [0.2, 0.25) is 5.78 Å². The first kappa shape index (κ1) is 14.3. The number of ketones is 1. The fourth-order valence-electron chi connectivity index (χ4n) is 1.36. The Morgan fingerprint density at radius 3 is 2.94 bits per heavy atom. The molecule has 0 aliphatic carbocycles. The second-order valence-electron chi connectivity index (χ2n) is 3.53. The van der Waals surface area contributed by atoms with E-state index in [1.54, 1.807) is 18.0 Å². The zero-order chi connectivity index (χ0) is 12.7. The SMILES string of the molecule is CCCOCC(=O)c1c(Br)cnn1CCOC. The minimum absolute atomic E-state index is 0.0704. The summed E-state index contributed by atoms with van der Waals surface area (Å²) in [6, 6.07) is 0. The van der Waals surface area contributed by atoms with Crippen LogP contribution in [0.2, 0.25) is 0 Å². The zero-order valence-electron chi connectivity index (χ0n) is 10.1. The van der Waals surface area contributed by atoms with Gasteiger partial charge in [0, 0.05) is 13.7 Å². The number of nitrogens with zero attached hydrogens (tertiary/aromatic N) is 2. The van der Waals surface area contributed by atoms with Crippen molar-refractivity contribution in [3.05, 3.63) is 16.4 Å². The number of hydrogen-bond acceptors (Lipinski definition) is 4. The Morgan fingerprint density at radius 1 is 1.53 bits per heavy atom. The van der Waals surface area contributed by atoms with Gasteiger partial charge in [-0.15, -0.1) is 0 Å². The maximum Gasteiger partial charge on any atom is 0.207 e. The molecule has 0 unspecified atom stereocenters. The molecule has 0 aromatic carbocycles. The number of ether oxygens (including phenoxy) is 2. The second kappa shape index (κ2) is 7.58. The number of rotatable bonds is 8. The van der Waals surface area contributed by atoms with Crippen molar-refractivity contribution in [2.45, 2.75) is 19.9 Å². The van der Waals surface area contributed by atoms with Crippen LogP contribution in [0.4, 0.5) is 0 Å². The van der Waals surface area contributed by atoms with Crippen molar-refractivity contribution in [2.24, 2.45) is 0 Å². The molecule has 0 fully saturated rings. The lowest BCUT2D eigenvalue weighted by atomic mass is 10.3. The van der Waals surface area contributed by atoms with Gasteiger partial charge < -0.3 is 9.47 Å². The Balaban J connectivity index is 2.66. The molecule has 0 radical (unpaired) electrons. The van der Waals surface area contributed by atoms with Crippen molar-refractivity contribution in [1.29, 1.82) is 0 Å². The van der Waals surface area contributed by atoms with E-state index in [0.717, 1.165) is 6.42 Å². The molecule has 0 aliphatic rings. The monoisotopic (exact) mass is 304 g/mol. The molecule has 1 heterocycles. The minimum atomic E-state index is -0.0704. The van der Waals surface area contributed by atoms with Crippen LogP contribution in [0.15, 0.2) is 10.7 Å². The Hall–Kier alpha value is -0.720. The van der Waals surface area contributed by atoms with Crippen LogP contribution in [0.25, 0.3) is 0 Å². The number of methoxy groups -OCH3 is 1. The van der Waals surface area contributed by atoms with Crippen molar-refractivity contribution < 1.29 is 14.3 Å². The molecule has 0 N–H and O–H groups in total. The summed E-state index contributed by atoms with van der Waals surface area (Å²) in [5.41, 5.74) is 0.540. The summed E-state index contributed by atoms with van der Waals surface area (Å²) in [6.45, 7) is 3.76. The molecule has 0 aliphatic heterocycles. The van der Waals surface area contributed by atoms with Gasteiger partial charge in [0.15, 0.2) is 0 Å². The first-order valence-corrected chi connectivity index (χ1v) is 6.31. The van der Waals surface area contributed by atoms with Crippen LogP contribution in [0, 0.1) is 0 Å². The van der Waals surface area contributed by atoms with E-state index in [9.17, 15) is 4.79 Å². The summed E-state index contributed by atoms with van der Waals surface area (Å²) < 4.78 is 12.5. The number of carbonyl (C=O) groups excluding carboxylic acids is 1. The molecule has 0 saturated carbocycles. The lowest BCUT2D eigenvalue weighted by Crippen LogP contribution is -2.18. The van der Waals surface area contributed by atoms with Crippen LogP contribution in [-0.4, -0.2) is 42.5 Å². The van der Waals surface area contributed by atoms with E-state index in [-0.39, 0.29) is 12.4 Å². The molecule has 0 spiro atoms. The summed E-state index contributed by atoms with van der Waals surface area (Å²) >= 11 is 3.32. The van der Waals surface area contributed by atoms with Crippen molar-refractivity contribution in [2.75, 3.05) is 26.9 Å². The lowest BCUT2D eigenvalue weighted by Gasteiger charge is -2.07. The van der Waals surface area contributed by atoms with Crippen LogP contribution in [0.3, 0.4) is 0 Å². The molecule has 1 aromatic rings. The summed E-state index contributed by atoms with van der Waals surface area (Å²) in [5, 5.41) is 4.12. The van der Waals surface area contributed by atoms with Gasteiger partial charge in [-0.3, -0.25) is 9.48 Å².